The summed E-state index contributed by atoms with van der Waals surface area (Å²) in [5.41, 5.74) is 1.02. The zero-order chi connectivity index (χ0) is 22.4. The highest BCUT2D eigenvalue weighted by Gasteiger charge is 2.25. The van der Waals surface area contributed by atoms with Crippen LogP contribution in [-0.4, -0.2) is 43.7 Å². The normalized spacial score (nSPS) is 12.3. The molecular weight excluding hydrogens is 462 g/mol. The van der Waals surface area contributed by atoms with E-state index in [0.717, 1.165) is 28.5 Å². The molecule has 0 saturated carbocycles. The van der Waals surface area contributed by atoms with E-state index in [-0.39, 0.29) is 22.2 Å². The van der Waals surface area contributed by atoms with E-state index in [4.69, 9.17) is 4.42 Å². The lowest BCUT2D eigenvalue weighted by Gasteiger charge is -2.06. The molecule has 0 atom stereocenters. The van der Waals surface area contributed by atoms with Gasteiger partial charge in [-0.05, 0) is 29.8 Å². The molecule has 0 fully saturated rings. The van der Waals surface area contributed by atoms with Crippen molar-refractivity contribution in [2.24, 2.45) is 0 Å². The van der Waals surface area contributed by atoms with E-state index in [2.05, 4.69) is 5.10 Å². The second kappa shape index (κ2) is 7.62. The van der Waals surface area contributed by atoms with Crippen LogP contribution in [0.2, 0.25) is 0 Å². The first-order valence-electron chi connectivity index (χ1n) is 8.86. The lowest BCUT2D eigenvalue weighted by molar-refractivity contribution is 0.495. The summed E-state index contributed by atoms with van der Waals surface area (Å²) in [6.07, 6.45) is 5.61. The Balaban J connectivity index is 1.73. The highest BCUT2D eigenvalue weighted by molar-refractivity contribution is 7.91. The Morgan fingerprint density at radius 3 is 2.23 bits per heavy atom. The van der Waals surface area contributed by atoms with Gasteiger partial charge in [0.15, 0.2) is 19.7 Å². The summed E-state index contributed by atoms with van der Waals surface area (Å²) in [5, 5.41) is 5.72. The third-order valence-corrected chi connectivity index (χ3v) is 7.82. The Labute approximate surface area is 182 Å². The van der Waals surface area contributed by atoms with Crippen LogP contribution in [0.5, 0.6) is 0 Å². The lowest BCUT2D eigenvalue weighted by Crippen LogP contribution is -2.16. The maximum Gasteiger partial charge on any atom is 0.437 e. The summed E-state index contributed by atoms with van der Waals surface area (Å²) in [4.78, 5) is 13.0. The van der Waals surface area contributed by atoms with Crippen LogP contribution in [0.15, 0.2) is 73.2 Å². The number of nitrogens with zero attached hydrogens (tertiary/aromatic N) is 3. The fourth-order valence-electron chi connectivity index (χ4n) is 2.99. The van der Waals surface area contributed by atoms with Crippen molar-refractivity contribution in [1.29, 1.82) is 0 Å². The maximum absolute atomic E-state index is 12.4. The zero-order valence-corrected chi connectivity index (χ0v) is 18.9. The molecule has 0 aliphatic rings. The van der Waals surface area contributed by atoms with Gasteiger partial charge < -0.3 is 8.98 Å². The second-order valence-electron chi connectivity index (χ2n) is 6.89. The van der Waals surface area contributed by atoms with Crippen molar-refractivity contribution in [2.45, 2.75) is 16.3 Å². The molecule has 0 aliphatic carbocycles. The van der Waals surface area contributed by atoms with Gasteiger partial charge in [-0.15, -0.1) is 16.4 Å². The first-order valence-corrected chi connectivity index (χ1v) is 13.5. The third-order valence-electron chi connectivity index (χ3n) is 4.48. The van der Waals surface area contributed by atoms with Crippen molar-refractivity contribution < 1.29 is 21.3 Å². The summed E-state index contributed by atoms with van der Waals surface area (Å²) in [7, 11) is -6.85. The first kappa shape index (κ1) is 21.3. The van der Waals surface area contributed by atoms with Crippen molar-refractivity contribution in [2.75, 3.05) is 12.5 Å². The molecule has 0 saturated heterocycles. The Bertz CT molecular complexity index is 1510. The predicted molar refractivity (Wildman–Crippen MR) is 115 cm³/mol. The predicted octanol–water partition coefficient (Wildman–Crippen LogP) is 2.21. The molecule has 162 valence electrons. The van der Waals surface area contributed by atoms with Crippen LogP contribution >= 0.6 is 11.3 Å². The van der Waals surface area contributed by atoms with E-state index in [1.165, 1.54) is 17.5 Å². The monoisotopic (exact) mass is 479 g/mol. The van der Waals surface area contributed by atoms with Crippen LogP contribution in [0.4, 0.5) is 0 Å². The quantitative estimate of drug-likeness (QED) is 0.416. The molecule has 4 aromatic rings. The molecule has 0 radical (unpaired) electrons. The van der Waals surface area contributed by atoms with Gasteiger partial charge in [0, 0.05) is 30.3 Å². The van der Waals surface area contributed by atoms with Crippen LogP contribution in [0.1, 0.15) is 5.56 Å². The maximum atomic E-state index is 12.4. The number of aromatic nitrogens is 3. The number of benzene rings is 1. The van der Waals surface area contributed by atoms with E-state index in [9.17, 15) is 21.6 Å². The van der Waals surface area contributed by atoms with Gasteiger partial charge in [0.1, 0.15) is 9.77 Å². The topological polar surface area (TPSA) is 121 Å². The third kappa shape index (κ3) is 4.27. The van der Waals surface area contributed by atoms with Gasteiger partial charge in [0.2, 0.25) is 0 Å². The van der Waals surface area contributed by atoms with Crippen molar-refractivity contribution in [3.05, 3.63) is 70.3 Å². The highest BCUT2D eigenvalue weighted by Crippen LogP contribution is 2.37. The van der Waals surface area contributed by atoms with Crippen molar-refractivity contribution in [3.8, 4) is 16.5 Å². The molecule has 0 bridgehead atoms. The molecule has 3 heterocycles. The number of rotatable bonds is 6. The van der Waals surface area contributed by atoms with Crippen molar-refractivity contribution in [1.82, 2.24) is 14.3 Å². The van der Waals surface area contributed by atoms with E-state index in [1.807, 2.05) is 0 Å². The summed E-state index contributed by atoms with van der Waals surface area (Å²) >= 11 is 1.11. The van der Waals surface area contributed by atoms with E-state index < -0.39 is 25.4 Å². The molecule has 0 amide bonds. The van der Waals surface area contributed by atoms with Gasteiger partial charge in [0.25, 0.3) is 5.89 Å². The molecular formula is C19H17N3O6S3. The van der Waals surface area contributed by atoms with Gasteiger partial charge in [-0.2, -0.15) is 4.68 Å². The number of sulfone groups is 2. The molecule has 4 rings (SSSR count). The molecule has 0 N–H and O–H groups in total. The Hall–Kier alpha value is -2.96. The molecule has 1 aromatic carbocycles. The molecule has 9 nitrogen and oxygen atoms in total. The first-order chi connectivity index (χ1) is 14.5. The molecule has 0 spiro atoms. The van der Waals surface area contributed by atoms with Gasteiger partial charge in [0.05, 0.1) is 17.1 Å². The molecule has 3 aromatic heterocycles. The minimum atomic E-state index is -3.53. The van der Waals surface area contributed by atoms with Crippen LogP contribution in [0.3, 0.4) is 0 Å². The Morgan fingerprint density at radius 2 is 1.65 bits per heavy atom. The van der Waals surface area contributed by atoms with Crippen molar-refractivity contribution >= 4 is 31.0 Å². The minimum absolute atomic E-state index is 0.00126. The smallest absolute Gasteiger partial charge is 0.387 e. The Morgan fingerprint density at radius 1 is 1.00 bits per heavy atom. The Kier molecular flexibility index (Phi) is 5.23. The average Bonchev–Trinajstić information content (AvgIpc) is 3.40. The van der Waals surface area contributed by atoms with Crippen LogP contribution in [0, 0.1) is 0 Å². The SMILES string of the molecule is CS(=O)(=O)c1ccc(Cn2nc(-c3scc(S(C)(=O)=O)c3-n3cccc3)oc2=O)cc1. The van der Waals surface area contributed by atoms with Crippen LogP contribution < -0.4 is 5.76 Å². The minimum Gasteiger partial charge on any atom is -0.387 e. The van der Waals surface area contributed by atoms with Gasteiger partial charge >= 0.3 is 5.76 Å². The number of hydrogen-bond acceptors (Lipinski definition) is 8. The molecule has 12 heteroatoms. The summed E-state index contributed by atoms with van der Waals surface area (Å²) < 4.78 is 55.7. The van der Waals surface area contributed by atoms with Gasteiger partial charge in [-0.3, -0.25) is 0 Å². The van der Waals surface area contributed by atoms with Crippen LogP contribution in [-0.2, 0) is 26.2 Å². The van der Waals surface area contributed by atoms with E-state index >= 15 is 0 Å². The zero-order valence-electron chi connectivity index (χ0n) is 16.4. The van der Waals surface area contributed by atoms with Crippen molar-refractivity contribution in [3.63, 3.8) is 0 Å². The van der Waals surface area contributed by atoms with Crippen LogP contribution in [0.25, 0.3) is 16.5 Å². The summed E-state index contributed by atoms with van der Waals surface area (Å²) in [6, 6.07) is 9.60. The average molecular weight is 480 g/mol. The van der Waals surface area contributed by atoms with E-state index in [1.54, 1.807) is 41.2 Å². The molecule has 0 unspecified atom stereocenters. The largest absolute Gasteiger partial charge is 0.437 e. The molecule has 31 heavy (non-hydrogen) atoms. The lowest BCUT2D eigenvalue weighted by atomic mass is 10.2. The standard InChI is InChI=1S/C19H17N3O6S3/c1-30(24,25)14-7-5-13(6-8-14)11-22-19(23)28-18(20-22)17-16(21-9-3-4-10-21)15(12-29-17)31(2,26)27/h3-10,12H,11H2,1-2H3. The van der Waals surface area contributed by atoms with Gasteiger partial charge in [-0.1, -0.05) is 12.1 Å². The fraction of sp³-hybridized carbons (Fsp3) is 0.158. The fourth-order valence-corrected chi connectivity index (χ4v) is 5.94. The summed E-state index contributed by atoms with van der Waals surface area (Å²) in [6.45, 7) is 0.0650. The highest BCUT2D eigenvalue weighted by atomic mass is 32.2. The molecule has 0 aliphatic heterocycles. The summed E-state index contributed by atoms with van der Waals surface area (Å²) in [5.74, 6) is -0.712. The van der Waals surface area contributed by atoms with E-state index in [0.29, 0.717) is 16.1 Å². The second-order valence-corrected chi connectivity index (χ2v) is 11.8. The van der Waals surface area contributed by atoms with Gasteiger partial charge in [-0.25, -0.2) is 21.6 Å². The number of hydrogen-bond donors (Lipinski definition) is 0. The number of thiophene rings is 1.